The standard InChI is InChI=1S/C18H16ClFN4OS/c1-11-4-3-5-14(8-11)24-12(2)22-23-18(24)26-10-17(25)21-13-6-7-16(20)15(19)9-13/h3-9H,10H2,1-2H3,(H,21,25). The molecule has 26 heavy (non-hydrogen) atoms. The van der Waals surface area contributed by atoms with Gasteiger partial charge in [0.15, 0.2) is 5.16 Å². The average Bonchev–Trinajstić information content (AvgIpc) is 2.97. The van der Waals surface area contributed by atoms with Crippen molar-refractivity contribution in [3.63, 3.8) is 0 Å². The minimum Gasteiger partial charge on any atom is -0.325 e. The maximum atomic E-state index is 13.2. The summed E-state index contributed by atoms with van der Waals surface area (Å²) >= 11 is 6.99. The first-order chi connectivity index (χ1) is 12.4. The number of aromatic nitrogens is 3. The van der Waals surface area contributed by atoms with Crippen LogP contribution < -0.4 is 5.32 Å². The highest BCUT2D eigenvalue weighted by Gasteiger charge is 2.14. The van der Waals surface area contributed by atoms with Crippen molar-refractivity contribution in [1.29, 1.82) is 0 Å². The first kappa shape index (κ1) is 18.4. The van der Waals surface area contributed by atoms with Crippen LogP contribution in [0.4, 0.5) is 10.1 Å². The van der Waals surface area contributed by atoms with Gasteiger partial charge in [-0.3, -0.25) is 9.36 Å². The van der Waals surface area contributed by atoms with Gasteiger partial charge in [0.1, 0.15) is 11.6 Å². The van der Waals surface area contributed by atoms with E-state index in [0.29, 0.717) is 10.8 Å². The van der Waals surface area contributed by atoms with Gasteiger partial charge >= 0.3 is 0 Å². The Labute approximate surface area is 159 Å². The fourth-order valence-electron chi connectivity index (χ4n) is 2.40. The Kier molecular flexibility index (Phi) is 5.58. The van der Waals surface area contributed by atoms with Gasteiger partial charge in [-0.05, 0) is 49.7 Å². The summed E-state index contributed by atoms with van der Waals surface area (Å²) in [5.41, 5.74) is 2.51. The number of benzene rings is 2. The van der Waals surface area contributed by atoms with E-state index in [1.54, 1.807) is 0 Å². The van der Waals surface area contributed by atoms with Crippen molar-refractivity contribution in [2.75, 3.05) is 11.1 Å². The van der Waals surface area contributed by atoms with Crippen LogP contribution in [0.1, 0.15) is 11.4 Å². The number of halogens is 2. The van der Waals surface area contributed by atoms with Gasteiger partial charge in [-0.25, -0.2) is 4.39 Å². The molecular formula is C18H16ClFN4OS. The summed E-state index contributed by atoms with van der Waals surface area (Å²) in [5, 5.41) is 11.5. The van der Waals surface area contributed by atoms with Gasteiger partial charge in [0, 0.05) is 11.4 Å². The summed E-state index contributed by atoms with van der Waals surface area (Å²) in [6, 6.07) is 12.0. The zero-order valence-corrected chi connectivity index (χ0v) is 15.7. The van der Waals surface area contributed by atoms with Crippen LogP contribution >= 0.6 is 23.4 Å². The van der Waals surface area contributed by atoms with Crippen LogP contribution in [0.25, 0.3) is 5.69 Å². The molecule has 0 saturated heterocycles. The number of anilines is 1. The van der Waals surface area contributed by atoms with Crippen LogP contribution in [0, 0.1) is 19.7 Å². The van der Waals surface area contributed by atoms with E-state index in [1.807, 2.05) is 42.7 Å². The van der Waals surface area contributed by atoms with Crippen molar-refractivity contribution < 1.29 is 9.18 Å². The number of thioether (sulfide) groups is 1. The lowest BCUT2D eigenvalue weighted by atomic mass is 10.2. The fourth-order valence-corrected chi connectivity index (χ4v) is 3.38. The first-order valence-electron chi connectivity index (χ1n) is 7.81. The summed E-state index contributed by atoms with van der Waals surface area (Å²) < 4.78 is 15.1. The van der Waals surface area contributed by atoms with Crippen molar-refractivity contribution in [2.45, 2.75) is 19.0 Å². The lowest BCUT2D eigenvalue weighted by Gasteiger charge is -2.09. The molecule has 0 fully saturated rings. The van der Waals surface area contributed by atoms with E-state index in [4.69, 9.17) is 11.6 Å². The van der Waals surface area contributed by atoms with Gasteiger partial charge in [0.25, 0.3) is 0 Å². The van der Waals surface area contributed by atoms with Crippen molar-refractivity contribution in [1.82, 2.24) is 14.8 Å². The molecule has 5 nitrogen and oxygen atoms in total. The van der Waals surface area contributed by atoms with Gasteiger partial charge in [0.2, 0.25) is 5.91 Å². The molecule has 134 valence electrons. The average molecular weight is 391 g/mol. The second-order valence-electron chi connectivity index (χ2n) is 5.67. The van der Waals surface area contributed by atoms with E-state index in [9.17, 15) is 9.18 Å². The highest BCUT2D eigenvalue weighted by Crippen LogP contribution is 2.23. The number of nitrogens with one attached hydrogen (secondary N) is 1. The van der Waals surface area contributed by atoms with E-state index in [2.05, 4.69) is 15.5 Å². The number of hydrogen-bond donors (Lipinski definition) is 1. The van der Waals surface area contributed by atoms with Crippen LogP contribution in [0.5, 0.6) is 0 Å². The third-order valence-electron chi connectivity index (χ3n) is 3.59. The number of hydrogen-bond acceptors (Lipinski definition) is 4. The number of nitrogens with zero attached hydrogens (tertiary/aromatic N) is 3. The van der Waals surface area contributed by atoms with Gasteiger partial charge in [0.05, 0.1) is 10.8 Å². The molecule has 1 amide bonds. The molecule has 0 radical (unpaired) electrons. The Morgan fingerprint density at radius 1 is 1.23 bits per heavy atom. The van der Waals surface area contributed by atoms with E-state index in [1.165, 1.54) is 30.0 Å². The molecule has 0 saturated carbocycles. The minimum absolute atomic E-state index is 0.0368. The molecule has 3 aromatic rings. The highest BCUT2D eigenvalue weighted by molar-refractivity contribution is 7.99. The Bertz CT molecular complexity index is 960. The van der Waals surface area contributed by atoms with Crippen LogP contribution in [0.3, 0.4) is 0 Å². The van der Waals surface area contributed by atoms with Gasteiger partial charge in [-0.2, -0.15) is 0 Å². The van der Waals surface area contributed by atoms with Crippen LogP contribution in [0.2, 0.25) is 5.02 Å². The Balaban J connectivity index is 1.70. The maximum absolute atomic E-state index is 13.2. The van der Waals surface area contributed by atoms with E-state index in [-0.39, 0.29) is 16.7 Å². The number of rotatable bonds is 5. The fraction of sp³-hybridized carbons (Fsp3) is 0.167. The molecule has 0 aliphatic heterocycles. The third kappa shape index (κ3) is 4.23. The van der Waals surface area contributed by atoms with Crippen molar-refractivity contribution in [3.8, 4) is 5.69 Å². The van der Waals surface area contributed by atoms with Crippen LogP contribution in [0.15, 0.2) is 47.6 Å². The molecule has 3 rings (SSSR count). The zero-order chi connectivity index (χ0) is 18.7. The quantitative estimate of drug-likeness (QED) is 0.655. The van der Waals surface area contributed by atoms with E-state index in [0.717, 1.165) is 17.1 Å². The molecule has 0 bridgehead atoms. The van der Waals surface area contributed by atoms with Crippen molar-refractivity contribution in [2.24, 2.45) is 0 Å². The predicted molar refractivity (Wildman–Crippen MR) is 102 cm³/mol. The minimum atomic E-state index is -0.527. The molecule has 1 aromatic heterocycles. The maximum Gasteiger partial charge on any atom is 0.234 e. The predicted octanol–water partition coefficient (Wildman–Crippen LogP) is 4.41. The van der Waals surface area contributed by atoms with Gasteiger partial charge < -0.3 is 5.32 Å². The van der Waals surface area contributed by atoms with Gasteiger partial charge in [-0.1, -0.05) is 35.5 Å². The molecule has 2 aromatic carbocycles. The van der Waals surface area contributed by atoms with E-state index >= 15 is 0 Å². The Morgan fingerprint density at radius 3 is 2.77 bits per heavy atom. The van der Waals surface area contributed by atoms with Crippen LogP contribution in [-0.4, -0.2) is 26.4 Å². The van der Waals surface area contributed by atoms with Gasteiger partial charge in [-0.15, -0.1) is 10.2 Å². The normalized spacial score (nSPS) is 10.8. The molecule has 0 spiro atoms. The number of amides is 1. The zero-order valence-electron chi connectivity index (χ0n) is 14.2. The van der Waals surface area contributed by atoms with Crippen molar-refractivity contribution in [3.05, 3.63) is 64.7 Å². The van der Waals surface area contributed by atoms with Crippen LogP contribution in [-0.2, 0) is 4.79 Å². The third-order valence-corrected chi connectivity index (χ3v) is 4.81. The van der Waals surface area contributed by atoms with Crippen molar-refractivity contribution >= 4 is 35.0 Å². The highest BCUT2D eigenvalue weighted by atomic mass is 35.5. The Hall–Kier alpha value is -2.38. The number of carbonyl (C=O) groups excluding carboxylic acids is 1. The monoisotopic (exact) mass is 390 g/mol. The number of aryl methyl sites for hydroxylation is 2. The van der Waals surface area contributed by atoms with E-state index < -0.39 is 5.82 Å². The lowest BCUT2D eigenvalue weighted by Crippen LogP contribution is -2.14. The molecule has 0 aliphatic rings. The first-order valence-corrected chi connectivity index (χ1v) is 9.17. The molecule has 1 heterocycles. The smallest absolute Gasteiger partial charge is 0.234 e. The summed E-state index contributed by atoms with van der Waals surface area (Å²) in [6.45, 7) is 3.87. The molecule has 8 heteroatoms. The molecule has 0 atom stereocenters. The largest absolute Gasteiger partial charge is 0.325 e. The topological polar surface area (TPSA) is 59.8 Å². The lowest BCUT2D eigenvalue weighted by molar-refractivity contribution is -0.113. The molecular weight excluding hydrogens is 375 g/mol. The Morgan fingerprint density at radius 2 is 2.04 bits per heavy atom. The number of carbonyl (C=O) groups is 1. The molecule has 1 N–H and O–H groups in total. The second kappa shape index (κ2) is 7.88. The molecule has 0 aliphatic carbocycles. The summed E-state index contributed by atoms with van der Waals surface area (Å²) in [6.07, 6.45) is 0. The summed E-state index contributed by atoms with van der Waals surface area (Å²) in [4.78, 5) is 12.2. The summed E-state index contributed by atoms with van der Waals surface area (Å²) in [5.74, 6) is 0.109. The second-order valence-corrected chi connectivity index (χ2v) is 7.02. The molecule has 0 unspecified atom stereocenters. The SMILES string of the molecule is Cc1cccc(-n2c(C)nnc2SCC(=O)Nc2ccc(F)c(Cl)c2)c1. The summed E-state index contributed by atoms with van der Waals surface area (Å²) in [7, 11) is 0.